The number of carbonyl (C=O) groups is 1. The van der Waals surface area contributed by atoms with E-state index in [1.165, 1.54) is 0 Å². The molecule has 0 spiro atoms. The maximum Gasteiger partial charge on any atom is 0.221 e. The topological polar surface area (TPSA) is 37.3 Å². The highest BCUT2D eigenvalue weighted by atomic mass is 35.5. The average molecular weight is 269 g/mol. The van der Waals surface area contributed by atoms with E-state index in [1.54, 1.807) is 0 Å². The van der Waals surface area contributed by atoms with Crippen LogP contribution in [0.5, 0.6) is 5.75 Å². The molecule has 0 fully saturated rings. The van der Waals surface area contributed by atoms with E-state index in [0.717, 1.165) is 16.7 Å². The first kappa shape index (κ1) is 15.0. The molecule has 1 aromatic rings. The molecule has 100 valence electrons. The summed E-state index contributed by atoms with van der Waals surface area (Å²) in [6.07, 6.45) is 0.962. The molecule has 1 N–H and O–H groups in total. The molecule has 0 aliphatic heterocycles. The van der Waals surface area contributed by atoms with Crippen molar-refractivity contribution < 1.29 is 9.90 Å². The van der Waals surface area contributed by atoms with Crippen LogP contribution >= 0.6 is 11.6 Å². The van der Waals surface area contributed by atoms with Crippen molar-refractivity contribution in [1.29, 1.82) is 0 Å². The lowest BCUT2D eigenvalue weighted by Crippen LogP contribution is -2.00. The summed E-state index contributed by atoms with van der Waals surface area (Å²) in [6, 6.07) is 3.96. The van der Waals surface area contributed by atoms with Crippen LogP contribution in [0, 0.1) is 0 Å². The van der Waals surface area contributed by atoms with Gasteiger partial charge in [-0.25, -0.2) is 0 Å². The second kappa shape index (κ2) is 6.24. The van der Waals surface area contributed by atoms with Gasteiger partial charge >= 0.3 is 0 Å². The summed E-state index contributed by atoms with van der Waals surface area (Å²) in [7, 11) is 0. The molecule has 0 saturated carbocycles. The Morgan fingerprint density at radius 3 is 1.94 bits per heavy atom. The number of benzene rings is 1. The van der Waals surface area contributed by atoms with Crippen LogP contribution in [0.3, 0.4) is 0 Å². The molecule has 3 heteroatoms. The van der Waals surface area contributed by atoms with Crippen LogP contribution in [-0.2, 0) is 11.2 Å². The lowest BCUT2D eigenvalue weighted by molar-refractivity contribution is -0.111. The highest BCUT2D eigenvalue weighted by Gasteiger charge is 2.15. The van der Waals surface area contributed by atoms with Crippen molar-refractivity contribution >= 4 is 16.8 Å². The van der Waals surface area contributed by atoms with Gasteiger partial charge in [0, 0.05) is 6.42 Å². The van der Waals surface area contributed by atoms with Crippen LogP contribution in [0.25, 0.3) is 0 Å². The van der Waals surface area contributed by atoms with Gasteiger partial charge in [0.25, 0.3) is 0 Å². The summed E-state index contributed by atoms with van der Waals surface area (Å²) in [5, 5.41) is 9.92. The van der Waals surface area contributed by atoms with Crippen molar-refractivity contribution in [2.45, 2.75) is 52.4 Å². The zero-order valence-electron chi connectivity index (χ0n) is 11.5. The molecule has 0 aliphatic rings. The molecule has 0 radical (unpaired) electrons. The van der Waals surface area contributed by atoms with Gasteiger partial charge in [-0.2, -0.15) is 0 Å². The van der Waals surface area contributed by atoms with Crippen molar-refractivity contribution in [1.82, 2.24) is 0 Å². The number of hydrogen-bond donors (Lipinski definition) is 1. The number of rotatable bonds is 5. The first-order valence-corrected chi connectivity index (χ1v) is 6.74. The Kier molecular flexibility index (Phi) is 5.21. The summed E-state index contributed by atoms with van der Waals surface area (Å²) in [4.78, 5) is 10.8. The highest BCUT2D eigenvalue weighted by molar-refractivity contribution is 6.63. The highest BCUT2D eigenvalue weighted by Crippen LogP contribution is 2.35. The molecular formula is C15H21ClO2. The summed E-state index contributed by atoms with van der Waals surface area (Å²) < 4.78 is 0. The SMILES string of the molecule is CC(C)c1cc(CCC(=O)Cl)cc(C(C)C)c1O. The van der Waals surface area contributed by atoms with Gasteiger partial charge in [-0.1, -0.05) is 39.8 Å². The molecule has 1 rings (SSSR count). The normalized spacial score (nSPS) is 11.3. The minimum absolute atomic E-state index is 0.258. The molecule has 0 amide bonds. The fourth-order valence-electron chi connectivity index (χ4n) is 2.01. The Labute approximate surface area is 114 Å². The summed E-state index contributed by atoms with van der Waals surface area (Å²) in [5.74, 6) is 0.907. The van der Waals surface area contributed by atoms with Gasteiger partial charge in [0.2, 0.25) is 5.24 Å². The molecule has 0 aromatic heterocycles. The van der Waals surface area contributed by atoms with E-state index in [0.29, 0.717) is 18.6 Å². The zero-order chi connectivity index (χ0) is 13.9. The van der Waals surface area contributed by atoms with E-state index >= 15 is 0 Å². The summed E-state index contributed by atoms with van der Waals surface area (Å²) in [6.45, 7) is 8.20. The molecule has 0 aliphatic carbocycles. The fraction of sp³-hybridized carbons (Fsp3) is 0.533. The van der Waals surface area contributed by atoms with Crippen LogP contribution in [0.2, 0.25) is 0 Å². The fourth-order valence-corrected chi connectivity index (χ4v) is 2.11. The Morgan fingerprint density at radius 1 is 1.17 bits per heavy atom. The van der Waals surface area contributed by atoms with Gasteiger partial charge in [0.1, 0.15) is 5.75 Å². The van der Waals surface area contributed by atoms with Gasteiger partial charge < -0.3 is 5.11 Å². The van der Waals surface area contributed by atoms with Gasteiger partial charge in [-0.05, 0) is 46.5 Å². The first-order chi connectivity index (χ1) is 8.32. The third-order valence-corrected chi connectivity index (χ3v) is 3.27. The predicted molar refractivity (Wildman–Crippen MR) is 75.5 cm³/mol. The minimum atomic E-state index is -0.319. The lowest BCUT2D eigenvalue weighted by Gasteiger charge is -2.17. The number of phenols is 1. The summed E-state index contributed by atoms with van der Waals surface area (Å²) in [5.41, 5.74) is 2.95. The van der Waals surface area contributed by atoms with Crippen molar-refractivity contribution in [3.63, 3.8) is 0 Å². The Hall–Kier alpha value is -1.02. The average Bonchev–Trinajstić information content (AvgIpc) is 2.26. The number of aryl methyl sites for hydroxylation is 1. The van der Waals surface area contributed by atoms with E-state index in [9.17, 15) is 9.90 Å². The summed E-state index contributed by atoms with van der Waals surface area (Å²) >= 11 is 5.38. The number of halogens is 1. The molecule has 0 heterocycles. The van der Waals surface area contributed by atoms with E-state index in [1.807, 2.05) is 12.1 Å². The van der Waals surface area contributed by atoms with Gasteiger partial charge in [0.05, 0.1) is 0 Å². The van der Waals surface area contributed by atoms with Crippen molar-refractivity contribution in [3.05, 3.63) is 28.8 Å². The van der Waals surface area contributed by atoms with Crippen LogP contribution in [-0.4, -0.2) is 10.3 Å². The first-order valence-electron chi connectivity index (χ1n) is 6.37. The van der Waals surface area contributed by atoms with Crippen molar-refractivity contribution in [2.24, 2.45) is 0 Å². The maximum atomic E-state index is 10.8. The van der Waals surface area contributed by atoms with E-state index < -0.39 is 0 Å². The molecule has 2 nitrogen and oxygen atoms in total. The van der Waals surface area contributed by atoms with Gasteiger partial charge in [0.15, 0.2) is 0 Å². The van der Waals surface area contributed by atoms with Crippen molar-refractivity contribution in [2.75, 3.05) is 0 Å². The zero-order valence-corrected chi connectivity index (χ0v) is 12.2. The Balaban J connectivity index is 3.16. The third-order valence-electron chi connectivity index (χ3n) is 3.08. The van der Waals surface area contributed by atoms with Crippen LogP contribution < -0.4 is 0 Å². The number of carbonyl (C=O) groups excluding carboxylic acids is 1. The largest absolute Gasteiger partial charge is 0.507 e. The quantitative estimate of drug-likeness (QED) is 0.807. The minimum Gasteiger partial charge on any atom is -0.507 e. The molecular weight excluding hydrogens is 248 g/mol. The monoisotopic (exact) mass is 268 g/mol. The second-order valence-electron chi connectivity index (χ2n) is 5.29. The van der Waals surface area contributed by atoms with E-state index in [2.05, 4.69) is 27.7 Å². The lowest BCUT2D eigenvalue weighted by atomic mass is 9.90. The Bertz CT molecular complexity index is 407. The second-order valence-corrected chi connectivity index (χ2v) is 5.71. The van der Waals surface area contributed by atoms with E-state index in [-0.39, 0.29) is 17.1 Å². The van der Waals surface area contributed by atoms with E-state index in [4.69, 9.17) is 11.6 Å². The van der Waals surface area contributed by atoms with Gasteiger partial charge in [-0.15, -0.1) is 0 Å². The van der Waals surface area contributed by atoms with Crippen LogP contribution in [0.1, 0.15) is 62.6 Å². The molecule has 0 unspecified atom stereocenters. The number of phenolic OH excluding ortho intramolecular Hbond substituents is 1. The van der Waals surface area contributed by atoms with Crippen LogP contribution in [0.15, 0.2) is 12.1 Å². The van der Waals surface area contributed by atoms with Crippen molar-refractivity contribution in [3.8, 4) is 5.75 Å². The molecule has 0 bridgehead atoms. The third kappa shape index (κ3) is 3.74. The molecule has 1 aromatic carbocycles. The molecule has 18 heavy (non-hydrogen) atoms. The van der Waals surface area contributed by atoms with Gasteiger partial charge in [-0.3, -0.25) is 4.79 Å². The Morgan fingerprint density at radius 2 is 1.61 bits per heavy atom. The molecule has 0 saturated heterocycles. The molecule has 0 atom stereocenters. The number of hydrogen-bond acceptors (Lipinski definition) is 2. The van der Waals surface area contributed by atoms with Crippen LogP contribution in [0.4, 0.5) is 0 Å². The predicted octanol–water partition coefficient (Wildman–Crippen LogP) is 4.34. The standard InChI is InChI=1S/C15H21ClO2/c1-9(2)12-7-11(5-6-14(16)17)8-13(10(3)4)15(12)18/h7-10,18H,5-6H2,1-4H3. The number of aromatic hydroxyl groups is 1. The maximum absolute atomic E-state index is 10.8. The smallest absolute Gasteiger partial charge is 0.221 e.